The molecule has 2 aromatic rings. The van der Waals surface area contributed by atoms with E-state index in [-0.39, 0.29) is 5.56 Å². The molecule has 100 valence electrons. The number of aromatic carboxylic acids is 1. The summed E-state index contributed by atoms with van der Waals surface area (Å²) < 4.78 is 1.60. The zero-order valence-corrected chi connectivity index (χ0v) is 10.7. The Bertz CT molecular complexity index is 608. The van der Waals surface area contributed by atoms with Gasteiger partial charge in [-0.05, 0) is 18.2 Å². The third kappa shape index (κ3) is 2.82. The monoisotopic (exact) mass is 261 g/mol. The molecule has 0 aliphatic rings. The fraction of sp³-hybridized carbons (Fsp3) is 0.250. The smallest absolute Gasteiger partial charge is 0.337 e. The molecule has 0 spiro atoms. The third-order valence-electron chi connectivity index (χ3n) is 2.71. The van der Waals surface area contributed by atoms with Crippen molar-refractivity contribution in [1.82, 2.24) is 15.0 Å². The van der Waals surface area contributed by atoms with Crippen molar-refractivity contribution in [3.63, 3.8) is 0 Å². The van der Waals surface area contributed by atoms with Gasteiger partial charge in [0.1, 0.15) is 5.69 Å². The van der Waals surface area contributed by atoms with Gasteiger partial charge in [0.15, 0.2) is 0 Å². The van der Waals surface area contributed by atoms with Gasteiger partial charge in [-0.2, -0.15) is 0 Å². The molecule has 0 aliphatic carbocycles. The lowest BCUT2D eigenvalue weighted by Gasteiger charge is -2.20. The van der Waals surface area contributed by atoms with Crippen LogP contribution >= 0.6 is 0 Å². The Labute approximate surface area is 110 Å². The summed E-state index contributed by atoms with van der Waals surface area (Å²) in [6.07, 6.45) is 1.79. The number of hydrogen-bond donors (Lipinski definition) is 2. The molecule has 0 unspecified atom stereocenters. The predicted molar refractivity (Wildman–Crippen MR) is 70.9 cm³/mol. The highest BCUT2D eigenvalue weighted by Gasteiger charge is 2.15. The molecule has 19 heavy (non-hydrogen) atoms. The van der Waals surface area contributed by atoms with Gasteiger partial charge in [-0.3, -0.25) is 4.68 Å². The van der Waals surface area contributed by atoms with E-state index in [4.69, 9.17) is 5.73 Å². The van der Waals surface area contributed by atoms with E-state index in [1.54, 1.807) is 42.0 Å². The lowest BCUT2D eigenvalue weighted by Crippen LogP contribution is -2.19. The largest absolute Gasteiger partial charge is 0.478 e. The topological polar surface area (TPSA) is 97.3 Å². The Kier molecular flexibility index (Phi) is 3.37. The second-order valence-corrected chi connectivity index (χ2v) is 4.32. The zero-order valence-electron chi connectivity index (χ0n) is 10.7. The van der Waals surface area contributed by atoms with E-state index in [0.717, 1.165) is 5.69 Å². The van der Waals surface area contributed by atoms with E-state index >= 15 is 0 Å². The first-order valence-electron chi connectivity index (χ1n) is 5.66. The third-order valence-corrected chi connectivity index (χ3v) is 2.71. The minimum absolute atomic E-state index is 0.173. The molecular formula is C12H15N5O2. The zero-order chi connectivity index (χ0) is 14.0. The van der Waals surface area contributed by atoms with Crippen LogP contribution in [0.3, 0.4) is 0 Å². The quantitative estimate of drug-likeness (QED) is 0.787. The van der Waals surface area contributed by atoms with Crippen LogP contribution in [0.15, 0.2) is 24.4 Å². The molecule has 1 heterocycles. The molecule has 0 fully saturated rings. The van der Waals surface area contributed by atoms with Crippen molar-refractivity contribution in [1.29, 1.82) is 0 Å². The van der Waals surface area contributed by atoms with Crippen LogP contribution in [-0.2, 0) is 13.6 Å². The van der Waals surface area contributed by atoms with Crippen LogP contribution in [0.25, 0.3) is 0 Å². The van der Waals surface area contributed by atoms with Gasteiger partial charge >= 0.3 is 5.97 Å². The maximum Gasteiger partial charge on any atom is 0.337 e. The molecule has 1 aromatic heterocycles. The molecule has 0 saturated carbocycles. The number of anilines is 2. The molecule has 0 bridgehead atoms. The number of benzene rings is 1. The fourth-order valence-corrected chi connectivity index (χ4v) is 1.85. The van der Waals surface area contributed by atoms with Gasteiger partial charge in [-0.15, -0.1) is 5.10 Å². The first kappa shape index (κ1) is 12.9. The van der Waals surface area contributed by atoms with E-state index in [2.05, 4.69) is 10.3 Å². The molecule has 0 radical (unpaired) electrons. The normalized spacial score (nSPS) is 10.4. The fourth-order valence-electron chi connectivity index (χ4n) is 1.85. The van der Waals surface area contributed by atoms with Crippen molar-refractivity contribution >= 4 is 17.3 Å². The SMILES string of the molecule is CN(Cc1cn(C)nn1)c1ccc(N)cc1C(=O)O. The molecule has 1 aromatic carbocycles. The average Bonchev–Trinajstić information content (AvgIpc) is 2.74. The van der Waals surface area contributed by atoms with Gasteiger partial charge in [0, 0.05) is 26.0 Å². The summed E-state index contributed by atoms with van der Waals surface area (Å²) in [4.78, 5) is 13.0. The number of hydrogen-bond acceptors (Lipinski definition) is 5. The molecule has 0 atom stereocenters. The number of nitrogens with two attached hydrogens (primary N) is 1. The summed E-state index contributed by atoms with van der Waals surface area (Å²) in [5.41, 5.74) is 7.56. The number of carboxylic acid groups (broad SMARTS) is 1. The molecule has 7 nitrogen and oxygen atoms in total. The Morgan fingerprint density at radius 1 is 1.53 bits per heavy atom. The van der Waals surface area contributed by atoms with Crippen LogP contribution in [0.4, 0.5) is 11.4 Å². The van der Waals surface area contributed by atoms with Gasteiger partial charge in [0.2, 0.25) is 0 Å². The lowest BCUT2D eigenvalue weighted by atomic mass is 10.1. The Morgan fingerprint density at radius 2 is 2.26 bits per heavy atom. The maximum atomic E-state index is 11.2. The second kappa shape index (κ2) is 4.97. The van der Waals surface area contributed by atoms with Crippen LogP contribution in [0.2, 0.25) is 0 Å². The van der Waals surface area contributed by atoms with Crippen LogP contribution in [0.5, 0.6) is 0 Å². The molecule has 0 aliphatic heterocycles. The molecule has 0 saturated heterocycles. The minimum Gasteiger partial charge on any atom is -0.478 e. The Morgan fingerprint density at radius 3 is 2.84 bits per heavy atom. The molecule has 7 heteroatoms. The average molecular weight is 261 g/mol. The van der Waals surface area contributed by atoms with E-state index in [9.17, 15) is 9.90 Å². The number of rotatable bonds is 4. The lowest BCUT2D eigenvalue weighted by molar-refractivity contribution is 0.0697. The van der Waals surface area contributed by atoms with E-state index in [0.29, 0.717) is 17.9 Å². The number of carbonyl (C=O) groups is 1. The van der Waals surface area contributed by atoms with Gasteiger partial charge in [0.05, 0.1) is 17.8 Å². The minimum atomic E-state index is -1.01. The van der Waals surface area contributed by atoms with Crippen LogP contribution in [0.1, 0.15) is 16.1 Å². The highest BCUT2D eigenvalue weighted by atomic mass is 16.4. The molecule has 2 rings (SSSR count). The number of nitrogens with zero attached hydrogens (tertiary/aromatic N) is 4. The summed E-state index contributed by atoms with van der Waals surface area (Å²) >= 11 is 0. The van der Waals surface area contributed by atoms with Gasteiger partial charge in [-0.1, -0.05) is 5.21 Å². The van der Waals surface area contributed by atoms with Crippen LogP contribution in [-0.4, -0.2) is 33.1 Å². The maximum absolute atomic E-state index is 11.2. The van der Waals surface area contributed by atoms with E-state index < -0.39 is 5.97 Å². The van der Waals surface area contributed by atoms with Gasteiger partial charge in [-0.25, -0.2) is 4.79 Å². The number of aromatic nitrogens is 3. The summed E-state index contributed by atoms with van der Waals surface area (Å²) in [6.45, 7) is 0.470. The van der Waals surface area contributed by atoms with E-state index in [1.165, 1.54) is 6.07 Å². The van der Waals surface area contributed by atoms with Crippen molar-refractivity contribution in [3.8, 4) is 0 Å². The summed E-state index contributed by atoms with van der Waals surface area (Å²) in [5, 5.41) is 17.0. The number of nitrogen functional groups attached to an aromatic ring is 1. The number of aryl methyl sites for hydroxylation is 1. The van der Waals surface area contributed by atoms with Gasteiger partial charge in [0.25, 0.3) is 0 Å². The molecular weight excluding hydrogens is 246 g/mol. The second-order valence-electron chi connectivity index (χ2n) is 4.32. The standard InChI is InChI=1S/C12H15N5O2/c1-16(6-9-7-17(2)15-14-9)11-4-3-8(13)5-10(11)12(18)19/h3-5,7H,6,13H2,1-2H3,(H,18,19). The Balaban J connectivity index is 2.28. The molecule has 0 amide bonds. The van der Waals surface area contributed by atoms with Crippen molar-refractivity contribution in [3.05, 3.63) is 35.7 Å². The molecule has 3 N–H and O–H groups in total. The number of carboxylic acids is 1. The van der Waals surface area contributed by atoms with Crippen LogP contribution < -0.4 is 10.6 Å². The van der Waals surface area contributed by atoms with Crippen molar-refractivity contribution in [2.24, 2.45) is 7.05 Å². The van der Waals surface area contributed by atoms with Crippen molar-refractivity contribution in [2.75, 3.05) is 17.7 Å². The van der Waals surface area contributed by atoms with Gasteiger partial charge < -0.3 is 15.7 Å². The van der Waals surface area contributed by atoms with E-state index in [1.807, 2.05) is 0 Å². The first-order chi connectivity index (χ1) is 8.97. The highest BCUT2D eigenvalue weighted by molar-refractivity contribution is 5.95. The first-order valence-corrected chi connectivity index (χ1v) is 5.66. The van der Waals surface area contributed by atoms with Crippen LogP contribution in [0, 0.1) is 0 Å². The summed E-state index contributed by atoms with van der Waals surface area (Å²) in [5.74, 6) is -1.01. The summed E-state index contributed by atoms with van der Waals surface area (Å²) in [7, 11) is 3.58. The van der Waals surface area contributed by atoms with Crippen molar-refractivity contribution < 1.29 is 9.90 Å². The highest BCUT2D eigenvalue weighted by Crippen LogP contribution is 2.23. The predicted octanol–water partition coefficient (Wildman–Crippen LogP) is 0.732. The summed E-state index contributed by atoms with van der Waals surface area (Å²) in [6, 6.07) is 4.81. The Hall–Kier alpha value is -2.57. The van der Waals surface area contributed by atoms with Crippen molar-refractivity contribution in [2.45, 2.75) is 6.54 Å².